The summed E-state index contributed by atoms with van der Waals surface area (Å²) in [5.41, 5.74) is -0.425. The Balaban J connectivity index is 2.57. The quantitative estimate of drug-likeness (QED) is 0.608. The Kier molecular flexibility index (Phi) is 2.24. The van der Waals surface area contributed by atoms with Crippen LogP contribution in [0.5, 0.6) is 0 Å². The van der Waals surface area contributed by atoms with E-state index in [1.165, 1.54) is 0 Å². The van der Waals surface area contributed by atoms with E-state index in [4.69, 9.17) is 0 Å². The highest BCUT2D eigenvalue weighted by molar-refractivity contribution is 5.57. The van der Waals surface area contributed by atoms with E-state index in [-0.39, 0.29) is 11.5 Å². The van der Waals surface area contributed by atoms with Crippen LogP contribution in [-0.2, 0) is 0 Å². The van der Waals surface area contributed by atoms with Crippen LogP contribution in [0.25, 0.3) is 11.5 Å². The molecule has 1 aromatic carbocycles. The highest BCUT2D eigenvalue weighted by Gasteiger charge is 2.14. The molecule has 0 atom stereocenters. The summed E-state index contributed by atoms with van der Waals surface area (Å²) in [6.07, 6.45) is 0. The number of halogens is 1. The Labute approximate surface area is 86.7 Å². The van der Waals surface area contributed by atoms with Gasteiger partial charge in [0.1, 0.15) is 5.82 Å². The molecular weight excluding hydrogens is 221 g/mol. The lowest BCUT2D eigenvalue weighted by molar-refractivity contribution is -0.385. The van der Waals surface area contributed by atoms with Crippen LogP contribution in [0.15, 0.2) is 27.4 Å². The van der Waals surface area contributed by atoms with Gasteiger partial charge in [0.15, 0.2) is 0 Å². The molecule has 16 heavy (non-hydrogen) atoms. The molecule has 0 fully saturated rings. The first-order valence-corrected chi connectivity index (χ1v) is 4.07. The predicted octanol–water partition coefficient (Wildman–Crippen LogP) is 1.08. The smallest absolute Gasteiger partial charge is 0.388 e. The van der Waals surface area contributed by atoms with Crippen LogP contribution < -0.4 is 5.76 Å². The summed E-state index contributed by atoms with van der Waals surface area (Å²) in [6.45, 7) is 0. The molecule has 0 bridgehead atoms. The molecule has 82 valence electrons. The molecule has 0 aliphatic carbocycles. The summed E-state index contributed by atoms with van der Waals surface area (Å²) < 4.78 is 17.6. The number of hydrogen-bond acceptors (Lipinski definition) is 5. The summed E-state index contributed by atoms with van der Waals surface area (Å²) in [7, 11) is 0. The molecule has 7 nitrogen and oxygen atoms in total. The molecule has 0 aliphatic rings. The maximum absolute atomic E-state index is 13.0. The highest BCUT2D eigenvalue weighted by Crippen LogP contribution is 2.22. The van der Waals surface area contributed by atoms with Gasteiger partial charge >= 0.3 is 5.76 Å². The zero-order valence-corrected chi connectivity index (χ0v) is 7.64. The van der Waals surface area contributed by atoms with Crippen LogP contribution in [0.4, 0.5) is 10.1 Å². The number of aromatic amines is 1. The predicted molar refractivity (Wildman–Crippen MR) is 49.2 cm³/mol. The van der Waals surface area contributed by atoms with E-state index in [0.29, 0.717) is 0 Å². The largest absolute Gasteiger partial charge is 0.434 e. The third-order valence-corrected chi connectivity index (χ3v) is 1.78. The topological polar surface area (TPSA) is 102 Å². The minimum absolute atomic E-state index is 0.0186. The van der Waals surface area contributed by atoms with Crippen molar-refractivity contribution in [1.82, 2.24) is 10.2 Å². The van der Waals surface area contributed by atoms with E-state index in [1.54, 1.807) is 0 Å². The normalized spacial score (nSPS) is 10.3. The molecule has 1 N–H and O–H groups in total. The van der Waals surface area contributed by atoms with Crippen molar-refractivity contribution in [3.8, 4) is 11.5 Å². The number of nitro benzene ring substituents is 1. The lowest BCUT2D eigenvalue weighted by atomic mass is 10.2. The van der Waals surface area contributed by atoms with Gasteiger partial charge in [0.2, 0.25) is 5.89 Å². The summed E-state index contributed by atoms with van der Waals surface area (Å²) in [5.74, 6) is -1.83. The fraction of sp³-hybridized carbons (Fsp3) is 0. The Morgan fingerprint density at radius 3 is 2.75 bits per heavy atom. The Bertz CT molecular complexity index is 603. The second-order valence-electron chi connectivity index (χ2n) is 2.87. The molecule has 0 amide bonds. The van der Waals surface area contributed by atoms with Crippen LogP contribution in [-0.4, -0.2) is 15.1 Å². The lowest BCUT2D eigenvalue weighted by Gasteiger charge is -1.95. The average molecular weight is 225 g/mol. The molecule has 1 aromatic heterocycles. The van der Waals surface area contributed by atoms with Crippen LogP contribution >= 0.6 is 0 Å². The third kappa shape index (κ3) is 1.80. The molecule has 0 unspecified atom stereocenters. The molecule has 0 saturated carbocycles. The van der Waals surface area contributed by atoms with Crippen molar-refractivity contribution in [2.45, 2.75) is 0 Å². The van der Waals surface area contributed by atoms with E-state index in [1.807, 2.05) is 5.10 Å². The van der Waals surface area contributed by atoms with Gasteiger partial charge in [-0.1, -0.05) is 0 Å². The molecule has 1 heterocycles. The number of non-ortho nitro benzene ring substituents is 1. The van der Waals surface area contributed by atoms with Crippen molar-refractivity contribution in [3.05, 3.63) is 44.7 Å². The number of hydrogen-bond donors (Lipinski definition) is 1. The maximum Gasteiger partial charge on any atom is 0.434 e. The number of aromatic nitrogens is 2. The van der Waals surface area contributed by atoms with Crippen LogP contribution in [0.3, 0.4) is 0 Å². The van der Waals surface area contributed by atoms with Gasteiger partial charge in [-0.15, -0.1) is 5.10 Å². The van der Waals surface area contributed by atoms with Crippen molar-refractivity contribution in [2.75, 3.05) is 0 Å². The average Bonchev–Trinajstić information content (AvgIpc) is 2.64. The standard InChI is InChI=1S/C8H4FN3O4/c9-5-1-4(2-6(3-5)12(14)15)7-10-11-8(13)16-7/h1-3H,(H,11,13). The second kappa shape index (κ2) is 3.57. The van der Waals surface area contributed by atoms with E-state index in [2.05, 4.69) is 9.52 Å². The fourth-order valence-corrected chi connectivity index (χ4v) is 1.16. The van der Waals surface area contributed by atoms with Gasteiger partial charge < -0.3 is 4.42 Å². The van der Waals surface area contributed by atoms with Crippen molar-refractivity contribution in [3.63, 3.8) is 0 Å². The molecular formula is C8H4FN3O4. The zero-order valence-electron chi connectivity index (χ0n) is 7.64. The van der Waals surface area contributed by atoms with Gasteiger partial charge in [-0.2, -0.15) is 0 Å². The minimum atomic E-state index is -0.818. The van der Waals surface area contributed by atoms with Crippen LogP contribution in [0, 0.1) is 15.9 Å². The van der Waals surface area contributed by atoms with E-state index < -0.39 is 22.2 Å². The number of nitrogens with zero attached hydrogens (tertiary/aromatic N) is 2. The van der Waals surface area contributed by atoms with Gasteiger partial charge in [-0.05, 0) is 6.07 Å². The first-order valence-electron chi connectivity index (χ1n) is 4.07. The van der Waals surface area contributed by atoms with Crippen molar-refractivity contribution >= 4 is 5.69 Å². The molecule has 2 aromatic rings. The van der Waals surface area contributed by atoms with E-state index >= 15 is 0 Å². The summed E-state index contributed by atoms with van der Waals surface area (Å²) in [6, 6.07) is 2.79. The SMILES string of the molecule is O=c1[nH]nc(-c2cc(F)cc([N+](=O)[O-])c2)o1. The number of benzene rings is 1. The molecule has 0 spiro atoms. The zero-order chi connectivity index (χ0) is 11.7. The third-order valence-electron chi connectivity index (χ3n) is 1.78. The number of nitro groups is 1. The Morgan fingerprint density at radius 2 is 2.19 bits per heavy atom. The Hall–Kier alpha value is -2.51. The van der Waals surface area contributed by atoms with Crippen molar-refractivity contribution in [1.29, 1.82) is 0 Å². The Morgan fingerprint density at radius 1 is 1.44 bits per heavy atom. The number of H-pyrrole nitrogens is 1. The maximum atomic E-state index is 13.0. The van der Waals surface area contributed by atoms with Crippen molar-refractivity contribution < 1.29 is 13.7 Å². The number of nitrogens with one attached hydrogen (secondary N) is 1. The lowest BCUT2D eigenvalue weighted by Crippen LogP contribution is -1.93. The van der Waals surface area contributed by atoms with E-state index in [0.717, 1.165) is 18.2 Å². The van der Waals surface area contributed by atoms with Crippen molar-refractivity contribution in [2.24, 2.45) is 0 Å². The first-order chi connectivity index (χ1) is 7.56. The van der Waals surface area contributed by atoms with Gasteiger partial charge in [0.05, 0.1) is 11.0 Å². The van der Waals surface area contributed by atoms with Gasteiger partial charge in [0, 0.05) is 11.6 Å². The molecule has 2 rings (SSSR count). The van der Waals surface area contributed by atoms with Gasteiger partial charge in [-0.3, -0.25) is 10.1 Å². The summed E-state index contributed by atoms with van der Waals surface area (Å²) in [4.78, 5) is 20.4. The molecule has 8 heteroatoms. The molecule has 0 saturated heterocycles. The minimum Gasteiger partial charge on any atom is -0.388 e. The molecule has 0 radical (unpaired) electrons. The summed E-state index contributed by atoms with van der Waals surface area (Å²) in [5, 5.41) is 15.9. The molecule has 0 aliphatic heterocycles. The number of rotatable bonds is 2. The summed E-state index contributed by atoms with van der Waals surface area (Å²) >= 11 is 0. The monoisotopic (exact) mass is 225 g/mol. The van der Waals surface area contributed by atoms with Crippen LogP contribution in [0.1, 0.15) is 0 Å². The fourth-order valence-electron chi connectivity index (χ4n) is 1.16. The highest BCUT2D eigenvalue weighted by atomic mass is 19.1. The van der Waals surface area contributed by atoms with E-state index in [9.17, 15) is 19.3 Å². The second-order valence-corrected chi connectivity index (χ2v) is 2.87. The van der Waals surface area contributed by atoms with Gasteiger partial charge in [-0.25, -0.2) is 14.3 Å². The van der Waals surface area contributed by atoms with Gasteiger partial charge in [0.25, 0.3) is 5.69 Å². The van der Waals surface area contributed by atoms with Crippen LogP contribution in [0.2, 0.25) is 0 Å². The first kappa shape index (κ1) is 10.0.